The Hall–Kier alpha value is -2.54. The number of aromatic nitrogens is 1. The monoisotopic (exact) mass is 303 g/mol. The molecule has 1 aromatic carbocycles. The molecule has 0 aliphatic carbocycles. The summed E-state index contributed by atoms with van der Waals surface area (Å²) >= 11 is 1.30. The van der Waals surface area contributed by atoms with Crippen molar-refractivity contribution >= 4 is 23.9 Å². The Morgan fingerprint density at radius 2 is 2.19 bits per heavy atom. The highest BCUT2D eigenvalue weighted by Gasteiger charge is 2.02. The maximum Gasteiger partial charge on any atom is 0.250 e. The molecule has 2 rings (SSSR count). The van der Waals surface area contributed by atoms with Crippen molar-refractivity contribution < 1.29 is 15.0 Å². The molecular weight excluding hydrogens is 290 g/mol. The number of amides is 1. The maximum atomic E-state index is 11.6. The van der Waals surface area contributed by atoms with Crippen LogP contribution in [0.1, 0.15) is 5.56 Å². The zero-order valence-corrected chi connectivity index (χ0v) is 11.7. The van der Waals surface area contributed by atoms with E-state index in [-0.39, 0.29) is 23.2 Å². The Kier molecular flexibility index (Phi) is 5.16. The summed E-state index contributed by atoms with van der Waals surface area (Å²) in [4.78, 5) is 15.7. The van der Waals surface area contributed by atoms with Crippen molar-refractivity contribution in [3.05, 3.63) is 48.2 Å². The topological polar surface area (TPSA) is 94.8 Å². The van der Waals surface area contributed by atoms with Gasteiger partial charge in [0.1, 0.15) is 11.5 Å². The molecule has 0 radical (unpaired) electrons. The number of nitrogens with one attached hydrogen (secondary N) is 1. The molecule has 0 aliphatic rings. The molecule has 0 saturated heterocycles. The first-order valence-corrected chi connectivity index (χ1v) is 7.01. The predicted molar refractivity (Wildman–Crippen MR) is 80.5 cm³/mol. The van der Waals surface area contributed by atoms with Crippen LogP contribution >= 0.6 is 11.8 Å². The lowest BCUT2D eigenvalue weighted by Gasteiger charge is -2.01. The van der Waals surface area contributed by atoms with Gasteiger partial charge in [0.25, 0.3) is 0 Å². The van der Waals surface area contributed by atoms with Crippen molar-refractivity contribution in [2.24, 2.45) is 5.10 Å². The SMILES string of the molecule is O=C(CSc1ccccn1)NN=Cc1ccc(O)cc1O. The van der Waals surface area contributed by atoms with Gasteiger partial charge in [0.2, 0.25) is 5.91 Å². The summed E-state index contributed by atoms with van der Waals surface area (Å²) in [6, 6.07) is 9.57. The van der Waals surface area contributed by atoms with Crippen LogP contribution in [0.4, 0.5) is 0 Å². The van der Waals surface area contributed by atoms with E-state index in [4.69, 9.17) is 5.11 Å². The number of hydrogen-bond acceptors (Lipinski definition) is 6. The minimum absolute atomic E-state index is 0.0413. The zero-order chi connectivity index (χ0) is 15.1. The standard InChI is InChI=1S/C14H13N3O3S/c18-11-5-4-10(12(19)7-11)8-16-17-13(20)9-21-14-3-1-2-6-15-14/h1-8,18-19H,9H2,(H,17,20). The summed E-state index contributed by atoms with van der Waals surface area (Å²) in [5.74, 6) is -0.243. The number of phenols is 2. The predicted octanol–water partition coefficient (Wildman–Crippen LogP) is 1.74. The van der Waals surface area contributed by atoms with Crippen molar-refractivity contribution in [1.82, 2.24) is 10.4 Å². The summed E-state index contributed by atoms with van der Waals surface area (Å²) in [7, 11) is 0. The fraction of sp³-hybridized carbons (Fsp3) is 0.0714. The van der Waals surface area contributed by atoms with E-state index in [1.54, 1.807) is 12.3 Å². The lowest BCUT2D eigenvalue weighted by molar-refractivity contribution is -0.118. The summed E-state index contributed by atoms with van der Waals surface area (Å²) in [5.41, 5.74) is 2.75. The van der Waals surface area contributed by atoms with Crippen LogP contribution in [-0.4, -0.2) is 33.1 Å². The number of hydrogen-bond donors (Lipinski definition) is 3. The molecule has 0 fully saturated rings. The number of carbonyl (C=O) groups is 1. The van der Waals surface area contributed by atoms with Crippen LogP contribution in [-0.2, 0) is 4.79 Å². The Morgan fingerprint density at radius 3 is 2.90 bits per heavy atom. The van der Waals surface area contributed by atoms with Crippen LogP contribution in [0.3, 0.4) is 0 Å². The molecule has 21 heavy (non-hydrogen) atoms. The largest absolute Gasteiger partial charge is 0.508 e. The Bertz CT molecular complexity index is 647. The Morgan fingerprint density at radius 1 is 1.33 bits per heavy atom. The van der Waals surface area contributed by atoms with Crippen LogP contribution in [0.5, 0.6) is 11.5 Å². The third kappa shape index (κ3) is 4.81. The molecule has 1 heterocycles. The van der Waals surface area contributed by atoms with E-state index in [0.29, 0.717) is 5.56 Å². The van der Waals surface area contributed by atoms with Gasteiger partial charge in [-0.25, -0.2) is 10.4 Å². The second-order valence-electron chi connectivity index (χ2n) is 3.99. The minimum Gasteiger partial charge on any atom is -0.508 e. The van der Waals surface area contributed by atoms with Crippen molar-refractivity contribution in [2.45, 2.75) is 5.03 Å². The van der Waals surface area contributed by atoms with E-state index in [0.717, 1.165) is 5.03 Å². The molecule has 0 aliphatic heterocycles. The van der Waals surface area contributed by atoms with Crippen molar-refractivity contribution in [3.63, 3.8) is 0 Å². The summed E-state index contributed by atoms with van der Waals surface area (Å²) in [5, 5.41) is 23.2. The quantitative estimate of drug-likeness (QED) is 0.444. The van der Waals surface area contributed by atoms with Gasteiger partial charge in [-0.3, -0.25) is 4.79 Å². The van der Waals surface area contributed by atoms with Crippen molar-refractivity contribution in [2.75, 3.05) is 5.75 Å². The van der Waals surface area contributed by atoms with E-state index in [2.05, 4.69) is 15.5 Å². The molecule has 2 aromatic rings. The first kappa shape index (κ1) is 14.9. The number of hydrazone groups is 1. The van der Waals surface area contributed by atoms with Gasteiger partial charge < -0.3 is 10.2 Å². The van der Waals surface area contributed by atoms with Gasteiger partial charge in [-0.1, -0.05) is 17.8 Å². The summed E-state index contributed by atoms with van der Waals surface area (Å²) in [6.07, 6.45) is 2.96. The summed E-state index contributed by atoms with van der Waals surface area (Å²) in [6.45, 7) is 0. The van der Waals surface area contributed by atoms with E-state index >= 15 is 0 Å². The molecule has 0 unspecified atom stereocenters. The molecule has 6 nitrogen and oxygen atoms in total. The Labute approximate surface area is 125 Å². The van der Waals surface area contributed by atoms with E-state index in [1.165, 1.54) is 36.2 Å². The number of thioether (sulfide) groups is 1. The first-order valence-electron chi connectivity index (χ1n) is 6.03. The number of nitrogens with zero attached hydrogens (tertiary/aromatic N) is 2. The highest BCUT2D eigenvalue weighted by Crippen LogP contribution is 2.20. The Balaban J connectivity index is 1.82. The fourth-order valence-electron chi connectivity index (χ4n) is 1.42. The molecule has 0 bridgehead atoms. The lowest BCUT2D eigenvalue weighted by atomic mass is 10.2. The molecular formula is C14H13N3O3S. The van der Waals surface area contributed by atoms with Gasteiger partial charge in [0, 0.05) is 17.8 Å². The van der Waals surface area contributed by atoms with Gasteiger partial charge in [-0.15, -0.1) is 0 Å². The number of rotatable bonds is 5. The first-order chi connectivity index (χ1) is 10.1. The maximum absolute atomic E-state index is 11.6. The number of carbonyl (C=O) groups excluding carboxylic acids is 1. The van der Waals surface area contributed by atoms with Crippen molar-refractivity contribution in [3.8, 4) is 11.5 Å². The fourth-order valence-corrected chi connectivity index (χ4v) is 2.07. The number of pyridine rings is 1. The second kappa shape index (κ2) is 7.30. The number of benzene rings is 1. The van der Waals surface area contributed by atoms with Crippen molar-refractivity contribution in [1.29, 1.82) is 0 Å². The molecule has 1 amide bonds. The number of aromatic hydroxyl groups is 2. The highest BCUT2D eigenvalue weighted by atomic mass is 32.2. The summed E-state index contributed by atoms with van der Waals surface area (Å²) < 4.78 is 0. The molecule has 1 aromatic heterocycles. The molecule has 0 atom stereocenters. The van der Waals surface area contributed by atoms with Crippen LogP contribution in [0.15, 0.2) is 52.7 Å². The average Bonchev–Trinajstić information content (AvgIpc) is 2.48. The highest BCUT2D eigenvalue weighted by molar-refractivity contribution is 7.99. The van der Waals surface area contributed by atoms with Gasteiger partial charge in [0.15, 0.2) is 0 Å². The van der Waals surface area contributed by atoms with E-state index in [9.17, 15) is 9.90 Å². The normalized spacial score (nSPS) is 10.7. The molecule has 7 heteroatoms. The van der Waals surface area contributed by atoms with E-state index in [1.807, 2.05) is 12.1 Å². The average molecular weight is 303 g/mol. The third-order valence-corrected chi connectivity index (χ3v) is 3.34. The number of phenolic OH excluding ortho intramolecular Hbond substituents is 2. The molecule has 108 valence electrons. The van der Waals surface area contributed by atoms with Crippen LogP contribution in [0, 0.1) is 0 Å². The van der Waals surface area contributed by atoms with Gasteiger partial charge in [-0.05, 0) is 24.3 Å². The zero-order valence-electron chi connectivity index (χ0n) is 10.9. The third-order valence-electron chi connectivity index (χ3n) is 2.40. The van der Waals surface area contributed by atoms with Crippen LogP contribution in [0.25, 0.3) is 0 Å². The molecule has 3 N–H and O–H groups in total. The minimum atomic E-state index is -0.278. The van der Waals surface area contributed by atoms with Crippen LogP contribution in [0.2, 0.25) is 0 Å². The molecule has 0 spiro atoms. The van der Waals surface area contributed by atoms with Crippen LogP contribution < -0.4 is 5.43 Å². The van der Waals surface area contributed by atoms with Gasteiger partial charge in [-0.2, -0.15) is 5.10 Å². The second-order valence-corrected chi connectivity index (χ2v) is 4.99. The lowest BCUT2D eigenvalue weighted by Crippen LogP contribution is -2.19. The van der Waals surface area contributed by atoms with E-state index < -0.39 is 0 Å². The smallest absolute Gasteiger partial charge is 0.250 e. The van der Waals surface area contributed by atoms with Gasteiger partial charge in [0.05, 0.1) is 17.0 Å². The van der Waals surface area contributed by atoms with Gasteiger partial charge >= 0.3 is 0 Å². The molecule has 0 saturated carbocycles.